The highest BCUT2D eigenvalue weighted by atomic mass is 16.5. The number of morpholine rings is 1. The Kier molecular flexibility index (Phi) is 6.75. The number of nitrogens with one attached hydrogen (secondary N) is 1. The maximum atomic E-state index is 12.4. The van der Waals surface area contributed by atoms with Crippen LogP contribution in [0.1, 0.15) is 5.56 Å². The van der Waals surface area contributed by atoms with E-state index in [-0.39, 0.29) is 12.5 Å². The van der Waals surface area contributed by atoms with Crippen molar-refractivity contribution in [3.63, 3.8) is 0 Å². The molecule has 5 heteroatoms. The van der Waals surface area contributed by atoms with Crippen LogP contribution in [-0.4, -0.2) is 43.7 Å². The number of carbonyl (C=O) groups excluding carboxylic acids is 1. The van der Waals surface area contributed by atoms with Gasteiger partial charge in [-0.3, -0.25) is 9.69 Å². The fraction of sp³-hybridized carbons (Fsp3) is 0.240. The van der Waals surface area contributed by atoms with Crippen LogP contribution in [0.15, 0.2) is 78.9 Å². The summed E-state index contributed by atoms with van der Waals surface area (Å²) in [5, 5.41) is 2.90. The lowest BCUT2D eigenvalue weighted by atomic mass is 10.1. The number of nitrogens with zero attached hydrogens (tertiary/aromatic N) is 1. The lowest BCUT2D eigenvalue weighted by Gasteiger charge is -2.26. The molecule has 30 heavy (non-hydrogen) atoms. The van der Waals surface area contributed by atoms with E-state index in [9.17, 15) is 4.79 Å². The number of benzene rings is 3. The van der Waals surface area contributed by atoms with Gasteiger partial charge in [0.25, 0.3) is 5.91 Å². The van der Waals surface area contributed by atoms with Crippen molar-refractivity contribution in [2.75, 3.05) is 38.2 Å². The molecule has 3 aromatic rings. The summed E-state index contributed by atoms with van der Waals surface area (Å²) in [6, 6.07) is 25.7. The molecule has 5 nitrogen and oxygen atoms in total. The van der Waals surface area contributed by atoms with Gasteiger partial charge in [0.1, 0.15) is 5.75 Å². The minimum Gasteiger partial charge on any atom is -0.483 e. The molecule has 3 aromatic carbocycles. The summed E-state index contributed by atoms with van der Waals surface area (Å²) in [7, 11) is 0. The zero-order chi connectivity index (χ0) is 20.6. The summed E-state index contributed by atoms with van der Waals surface area (Å²) >= 11 is 0. The van der Waals surface area contributed by atoms with E-state index in [1.807, 2.05) is 66.7 Å². The molecule has 0 aromatic heterocycles. The largest absolute Gasteiger partial charge is 0.483 e. The van der Waals surface area contributed by atoms with Crippen LogP contribution in [0.4, 0.5) is 5.69 Å². The number of para-hydroxylation sites is 1. The molecule has 0 aliphatic carbocycles. The minimum atomic E-state index is -0.182. The molecule has 1 aliphatic rings. The van der Waals surface area contributed by atoms with Crippen LogP contribution in [0, 0.1) is 0 Å². The summed E-state index contributed by atoms with van der Waals surface area (Å²) in [5.41, 5.74) is 4.02. The van der Waals surface area contributed by atoms with E-state index < -0.39 is 0 Å². The number of carbonyl (C=O) groups is 1. The fourth-order valence-corrected chi connectivity index (χ4v) is 3.50. The van der Waals surface area contributed by atoms with Crippen molar-refractivity contribution in [1.29, 1.82) is 0 Å². The third-order valence-corrected chi connectivity index (χ3v) is 5.08. The zero-order valence-electron chi connectivity index (χ0n) is 16.9. The molecule has 1 aliphatic heterocycles. The van der Waals surface area contributed by atoms with Crippen molar-refractivity contribution < 1.29 is 14.3 Å². The van der Waals surface area contributed by atoms with Gasteiger partial charge in [-0.2, -0.15) is 0 Å². The Labute approximate surface area is 177 Å². The van der Waals surface area contributed by atoms with E-state index in [1.54, 1.807) is 0 Å². The third kappa shape index (κ3) is 5.47. The van der Waals surface area contributed by atoms with Crippen molar-refractivity contribution in [2.45, 2.75) is 6.54 Å². The van der Waals surface area contributed by atoms with E-state index in [2.05, 4.69) is 22.3 Å². The molecule has 1 N–H and O–H groups in total. The number of hydrogen-bond donors (Lipinski definition) is 1. The Morgan fingerprint density at radius 2 is 1.60 bits per heavy atom. The first-order chi connectivity index (χ1) is 14.8. The van der Waals surface area contributed by atoms with Crippen molar-refractivity contribution in [1.82, 2.24) is 4.90 Å². The molecule has 1 amide bonds. The second kappa shape index (κ2) is 10.1. The summed E-state index contributed by atoms with van der Waals surface area (Å²) in [4.78, 5) is 14.7. The SMILES string of the molecule is O=C(COc1ccccc1-c1ccccc1)Nc1ccc(CN2CCOCC2)cc1. The molecular weight excluding hydrogens is 376 g/mol. The Bertz CT molecular complexity index is 952. The fourth-order valence-electron chi connectivity index (χ4n) is 3.50. The summed E-state index contributed by atoms with van der Waals surface area (Å²) < 4.78 is 11.2. The first kappa shape index (κ1) is 20.1. The first-order valence-electron chi connectivity index (χ1n) is 10.2. The van der Waals surface area contributed by atoms with Gasteiger partial charge in [0.05, 0.1) is 13.2 Å². The Morgan fingerprint density at radius 1 is 0.900 bits per heavy atom. The maximum absolute atomic E-state index is 12.4. The van der Waals surface area contributed by atoms with E-state index >= 15 is 0 Å². The number of ether oxygens (including phenoxy) is 2. The molecule has 0 saturated carbocycles. The highest BCUT2D eigenvalue weighted by molar-refractivity contribution is 5.92. The molecule has 0 radical (unpaired) electrons. The van der Waals surface area contributed by atoms with Gasteiger partial charge >= 0.3 is 0 Å². The predicted molar refractivity (Wildman–Crippen MR) is 119 cm³/mol. The van der Waals surface area contributed by atoms with Crippen molar-refractivity contribution in [2.24, 2.45) is 0 Å². The predicted octanol–water partition coefficient (Wildman–Crippen LogP) is 4.20. The lowest BCUT2D eigenvalue weighted by molar-refractivity contribution is -0.118. The topological polar surface area (TPSA) is 50.8 Å². The van der Waals surface area contributed by atoms with Gasteiger partial charge in [-0.05, 0) is 29.3 Å². The second-order valence-electron chi connectivity index (χ2n) is 7.28. The second-order valence-corrected chi connectivity index (χ2v) is 7.28. The smallest absolute Gasteiger partial charge is 0.262 e. The van der Waals surface area contributed by atoms with E-state index in [0.717, 1.165) is 49.7 Å². The van der Waals surface area contributed by atoms with Crippen LogP contribution >= 0.6 is 0 Å². The Morgan fingerprint density at radius 3 is 2.37 bits per heavy atom. The number of hydrogen-bond acceptors (Lipinski definition) is 4. The number of anilines is 1. The monoisotopic (exact) mass is 402 g/mol. The quantitative estimate of drug-likeness (QED) is 0.643. The molecule has 1 saturated heterocycles. The molecule has 4 rings (SSSR count). The van der Waals surface area contributed by atoms with Crippen LogP contribution in [0.25, 0.3) is 11.1 Å². The molecular formula is C25H26N2O3. The van der Waals surface area contributed by atoms with Crippen molar-refractivity contribution in [3.8, 4) is 16.9 Å². The first-order valence-corrected chi connectivity index (χ1v) is 10.2. The van der Waals surface area contributed by atoms with E-state index in [0.29, 0.717) is 5.75 Å². The third-order valence-electron chi connectivity index (χ3n) is 5.08. The highest BCUT2D eigenvalue weighted by Crippen LogP contribution is 2.29. The minimum absolute atomic E-state index is 0.0423. The molecule has 0 bridgehead atoms. The highest BCUT2D eigenvalue weighted by Gasteiger charge is 2.11. The molecule has 0 spiro atoms. The van der Waals surface area contributed by atoms with Crippen LogP contribution in [0.3, 0.4) is 0 Å². The number of amides is 1. The van der Waals surface area contributed by atoms with Crippen LogP contribution in [-0.2, 0) is 16.1 Å². The van der Waals surface area contributed by atoms with E-state index in [4.69, 9.17) is 9.47 Å². The van der Waals surface area contributed by atoms with Gasteiger partial charge in [0.2, 0.25) is 0 Å². The van der Waals surface area contributed by atoms with Gasteiger partial charge < -0.3 is 14.8 Å². The summed E-state index contributed by atoms with van der Waals surface area (Å²) in [6.07, 6.45) is 0. The standard InChI is InChI=1S/C25H26N2O3/c28-25(19-30-24-9-5-4-8-23(24)21-6-2-1-3-7-21)26-22-12-10-20(11-13-22)18-27-14-16-29-17-15-27/h1-13H,14-19H2,(H,26,28). The van der Waals surface area contributed by atoms with Gasteiger partial charge in [-0.25, -0.2) is 0 Å². The lowest BCUT2D eigenvalue weighted by Crippen LogP contribution is -2.35. The molecule has 1 heterocycles. The molecule has 0 unspecified atom stereocenters. The van der Waals surface area contributed by atoms with Gasteiger partial charge in [-0.1, -0.05) is 60.7 Å². The zero-order valence-corrected chi connectivity index (χ0v) is 16.9. The maximum Gasteiger partial charge on any atom is 0.262 e. The van der Waals surface area contributed by atoms with Crippen LogP contribution in [0.5, 0.6) is 5.75 Å². The van der Waals surface area contributed by atoms with Crippen LogP contribution < -0.4 is 10.1 Å². The van der Waals surface area contributed by atoms with Gasteiger partial charge in [0.15, 0.2) is 6.61 Å². The van der Waals surface area contributed by atoms with E-state index in [1.165, 1.54) is 5.56 Å². The summed E-state index contributed by atoms with van der Waals surface area (Å²) in [5.74, 6) is 0.513. The number of rotatable bonds is 7. The van der Waals surface area contributed by atoms with Gasteiger partial charge in [0, 0.05) is 30.9 Å². The summed E-state index contributed by atoms with van der Waals surface area (Å²) in [6.45, 7) is 4.36. The molecule has 154 valence electrons. The normalized spacial score (nSPS) is 14.3. The average molecular weight is 402 g/mol. The van der Waals surface area contributed by atoms with Gasteiger partial charge in [-0.15, -0.1) is 0 Å². The average Bonchev–Trinajstić information content (AvgIpc) is 2.80. The Hall–Kier alpha value is -3.15. The molecule has 0 atom stereocenters. The molecule has 1 fully saturated rings. The van der Waals surface area contributed by atoms with Crippen molar-refractivity contribution in [3.05, 3.63) is 84.4 Å². The van der Waals surface area contributed by atoms with Crippen molar-refractivity contribution >= 4 is 11.6 Å². The van der Waals surface area contributed by atoms with Crippen LogP contribution in [0.2, 0.25) is 0 Å². The Balaban J connectivity index is 1.31.